The number of benzene rings is 4. The Balaban J connectivity index is 1.33. The van der Waals surface area contributed by atoms with Crippen LogP contribution < -0.4 is 10.1 Å². The van der Waals surface area contributed by atoms with E-state index in [-0.39, 0.29) is 28.5 Å². The molecule has 0 fully saturated rings. The number of ether oxygens (including phenoxy) is 1. The van der Waals surface area contributed by atoms with Crippen LogP contribution in [0.3, 0.4) is 0 Å². The van der Waals surface area contributed by atoms with Crippen LogP contribution in [0.15, 0.2) is 108 Å². The van der Waals surface area contributed by atoms with E-state index < -0.39 is 29.8 Å². The molecule has 5 aromatic rings. The highest BCUT2D eigenvalue weighted by Gasteiger charge is 2.52. The van der Waals surface area contributed by atoms with Crippen molar-refractivity contribution in [1.82, 2.24) is 14.1 Å². The van der Waals surface area contributed by atoms with Crippen molar-refractivity contribution in [1.29, 1.82) is 4.78 Å². The zero-order valence-electron chi connectivity index (χ0n) is 32.4. The summed E-state index contributed by atoms with van der Waals surface area (Å²) >= 11 is 0. The number of urea groups is 1. The summed E-state index contributed by atoms with van der Waals surface area (Å²) < 4.78 is 42.3. The molecular formula is C44H51N5O4SSi. The van der Waals surface area contributed by atoms with Crippen LogP contribution in [-0.4, -0.2) is 45.4 Å². The molecular weight excluding hydrogens is 723 g/mol. The topological polar surface area (TPSA) is 110 Å². The van der Waals surface area contributed by atoms with Crippen LogP contribution in [-0.2, 0) is 52.1 Å². The molecule has 8 rings (SSSR count). The normalized spacial score (nSPS) is 17.7. The predicted molar refractivity (Wildman–Crippen MR) is 219 cm³/mol. The summed E-state index contributed by atoms with van der Waals surface area (Å²) in [5.41, 5.74) is 6.19. The highest BCUT2D eigenvalue weighted by molar-refractivity contribution is 7.90. The first-order chi connectivity index (χ1) is 26.3. The average Bonchev–Trinajstić information content (AvgIpc) is 3.94. The molecule has 2 atom stereocenters. The summed E-state index contributed by atoms with van der Waals surface area (Å²) in [6.07, 6.45) is 6.87. The predicted octanol–water partition coefficient (Wildman–Crippen LogP) is 9.49. The molecule has 2 N–H and O–H groups in total. The number of nitrogens with one attached hydrogen (secondary N) is 2. The van der Waals surface area contributed by atoms with Gasteiger partial charge in [0, 0.05) is 5.69 Å². The van der Waals surface area contributed by atoms with E-state index in [1.165, 1.54) is 21.6 Å². The molecule has 0 saturated heterocycles. The van der Waals surface area contributed by atoms with Crippen molar-refractivity contribution in [2.24, 2.45) is 0 Å². The monoisotopic (exact) mass is 773 g/mol. The fourth-order valence-electron chi connectivity index (χ4n) is 8.48. The van der Waals surface area contributed by atoms with Gasteiger partial charge in [-0.15, -0.1) is 0 Å². The van der Waals surface area contributed by atoms with Crippen molar-refractivity contribution in [3.05, 3.63) is 142 Å². The van der Waals surface area contributed by atoms with Crippen LogP contribution in [0.25, 0.3) is 0 Å². The number of aryl methyl sites for hydroxylation is 2. The molecule has 2 aliphatic carbocycles. The van der Waals surface area contributed by atoms with Gasteiger partial charge in [0.05, 0.1) is 18.8 Å². The van der Waals surface area contributed by atoms with Gasteiger partial charge >= 0.3 is 6.03 Å². The van der Waals surface area contributed by atoms with Crippen LogP contribution in [0.1, 0.15) is 72.6 Å². The maximum absolute atomic E-state index is 16.1. The molecule has 2 amide bonds. The molecule has 0 unspecified atom stereocenters. The van der Waals surface area contributed by atoms with E-state index in [2.05, 4.69) is 50.3 Å². The van der Waals surface area contributed by atoms with Crippen molar-refractivity contribution in [3.63, 3.8) is 0 Å². The van der Waals surface area contributed by atoms with E-state index in [0.717, 1.165) is 55.3 Å². The lowest BCUT2D eigenvalue weighted by molar-refractivity contribution is 0.0615. The maximum atomic E-state index is 16.1. The average molecular weight is 774 g/mol. The molecule has 2 heterocycles. The van der Waals surface area contributed by atoms with Crippen LogP contribution in [0.2, 0.25) is 18.1 Å². The second kappa shape index (κ2) is 14.1. The fourth-order valence-corrected chi connectivity index (χ4v) is 11.6. The minimum Gasteiger partial charge on any atom is -0.474 e. The number of anilines is 1. The number of rotatable bonds is 9. The smallest absolute Gasteiger partial charge is 0.336 e. The van der Waals surface area contributed by atoms with Crippen LogP contribution in [0.4, 0.5) is 10.5 Å². The van der Waals surface area contributed by atoms with Crippen molar-refractivity contribution in [2.75, 3.05) is 11.9 Å². The van der Waals surface area contributed by atoms with Crippen molar-refractivity contribution >= 4 is 30.0 Å². The van der Waals surface area contributed by atoms with E-state index in [1.54, 1.807) is 4.68 Å². The van der Waals surface area contributed by atoms with E-state index in [0.29, 0.717) is 23.2 Å². The van der Waals surface area contributed by atoms with Crippen LogP contribution >= 0.6 is 0 Å². The summed E-state index contributed by atoms with van der Waals surface area (Å²) in [5, 5.41) is 8.01. The van der Waals surface area contributed by atoms with E-state index >= 15 is 9.00 Å². The van der Waals surface area contributed by atoms with Crippen LogP contribution in [0, 0.1) is 4.78 Å². The highest BCUT2D eigenvalue weighted by atomic mass is 32.2. The first-order valence-corrected chi connectivity index (χ1v) is 23.8. The first kappa shape index (κ1) is 37.2. The molecule has 9 nitrogen and oxygen atoms in total. The number of fused-ring (bicyclic) bond motifs is 3. The second-order valence-corrected chi connectivity index (χ2v) is 23.2. The Hall–Kier alpha value is -4.71. The number of nitrogens with zero attached hydrogens (tertiary/aromatic N) is 3. The van der Waals surface area contributed by atoms with E-state index in [1.807, 2.05) is 91.0 Å². The fraction of sp³-hybridized carbons (Fsp3) is 0.364. The molecule has 11 heteroatoms. The lowest BCUT2D eigenvalue weighted by Gasteiger charge is -2.45. The van der Waals surface area contributed by atoms with Gasteiger partial charge in [-0.3, -0.25) is 0 Å². The van der Waals surface area contributed by atoms with Crippen molar-refractivity contribution in [3.8, 4) is 5.88 Å². The molecule has 4 aromatic carbocycles. The third-order valence-electron chi connectivity index (χ3n) is 12.1. The summed E-state index contributed by atoms with van der Waals surface area (Å²) in [4.78, 5) is 15.8. The molecule has 0 spiro atoms. The standard InChI is InChI=1S/C44H51N5O4SSi/c1-43(2,3)55(4,5)53-36-29-48-41(52-30-36)39(28-46-48)54(45,51)49(42(50)47-40-37-25-15-17-31(37)27-32-18-16-26-38(32)40)44(33-19-9-6-10-20-33,34-21-11-7-12-22-34)35-23-13-8-14-24-35/h6-14,19-24,27-28,36,45H,15-18,25-26,29-30H2,1-5H3,(H,47,50)/t36-,54-/m1/s1. The van der Waals surface area contributed by atoms with Crippen LogP contribution in [0.5, 0.6) is 5.88 Å². The van der Waals surface area contributed by atoms with Gasteiger partial charge in [0.15, 0.2) is 18.2 Å². The third kappa shape index (κ3) is 6.39. The van der Waals surface area contributed by atoms with Gasteiger partial charge in [-0.25, -0.2) is 22.8 Å². The molecule has 3 aliphatic rings. The Morgan fingerprint density at radius 2 is 1.38 bits per heavy atom. The van der Waals surface area contributed by atoms with E-state index in [4.69, 9.17) is 9.16 Å². The summed E-state index contributed by atoms with van der Waals surface area (Å²) in [5.74, 6) is 0.220. The number of amides is 2. The zero-order valence-corrected chi connectivity index (χ0v) is 34.2. The first-order valence-electron chi connectivity index (χ1n) is 19.4. The Bertz CT molecular complexity index is 2190. The van der Waals surface area contributed by atoms with Gasteiger partial charge in [-0.05, 0) is 95.6 Å². The number of carbonyl (C=O) groups excluding carboxylic acids is 1. The SMILES string of the molecule is CC(C)(C)[Si](C)(C)O[C@H]1COc2c([S@](=N)(=O)N(C(=O)Nc3c4c(cc5c3CCC5)CCC4)C(c3ccccc3)(c3ccccc3)c3ccccc3)cnn2C1. The Morgan fingerprint density at radius 1 is 0.873 bits per heavy atom. The molecule has 286 valence electrons. The van der Waals surface area contributed by atoms with Gasteiger partial charge in [0.2, 0.25) is 5.88 Å². The molecule has 1 aliphatic heterocycles. The summed E-state index contributed by atoms with van der Waals surface area (Å²) in [6, 6.07) is 30.7. The maximum Gasteiger partial charge on any atom is 0.336 e. The van der Waals surface area contributed by atoms with Gasteiger partial charge < -0.3 is 14.5 Å². The lowest BCUT2D eigenvalue weighted by Crippen LogP contribution is -2.55. The van der Waals surface area contributed by atoms with Gasteiger partial charge in [0.25, 0.3) is 0 Å². The quantitative estimate of drug-likeness (QED) is 0.115. The van der Waals surface area contributed by atoms with Gasteiger partial charge in [-0.2, -0.15) is 5.10 Å². The molecule has 0 saturated carbocycles. The zero-order chi connectivity index (χ0) is 38.6. The molecule has 55 heavy (non-hydrogen) atoms. The highest BCUT2D eigenvalue weighted by Crippen LogP contribution is 2.48. The number of aromatic nitrogens is 2. The van der Waals surface area contributed by atoms with Crippen molar-refractivity contribution in [2.45, 2.75) is 101 Å². The van der Waals surface area contributed by atoms with Gasteiger partial charge in [0.1, 0.15) is 17.0 Å². The Kier molecular flexibility index (Phi) is 9.54. The molecule has 0 bridgehead atoms. The largest absolute Gasteiger partial charge is 0.474 e. The third-order valence-corrected chi connectivity index (χ3v) is 18.5. The van der Waals surface area contributed by atoms with E-state index in [9.17, 15) is 4.78 Å². The number of carbonyl (C=O) groups is 1. The summed E-state index contributed by atoms with van der Waals surface area (Å²) in [6.45, 7) is 11.6. The molecule has 1 aromatic heterocycles. The number of hydrogen-bond donors (Lipinski definition) is 2. The van der Waals surface area contributed by atoms with Crippen molar-refractivity contribution < 1.29 is 18.2 Å². The number of hydrogen-bond acceptors (Lipinski definition) is 6. The van der Waals surface area contributed by atoms with Gasteiger partial charge in [-0.1, -0.05) is 118 Å². The Morgan fingerprint density at radius 3 is 1.87 bits per heavy atom. The molecule has 0 radical (unpaired) electrons. The summed E-state index contributed by atoms with van der Waals surface area (Å²) in [7, 11) is -6.39. The lowest BCUT2D eigenvalue weighted by atomic mass is 9.77. The Labute approximate surface area is 326 Å². The minimum atomic E-state index is -4.24. The minimum absolute atomic E-state index is 0.000548. The second-order valence-electron chi connectivity index (χ2n) is 16.6.